The van der Waals surface area contributed by atoms with E-state index in [4.69, 9.17) is 0 Å². The summed E-state index contributed by atoms with van der Waals surface area (Å²) in [6.07, 6.45) is 0. The van der Waals surface area contributed by atoms with E-state index in [1.54, 1.807) is 6.07 Å². The summed E-state index contributed by atoms with van der Waals surface area (Å²) >= 11 is 0. The molecular formula is C24H28N2O3. The highest BCUT2D eigenvalue weighted by Gasteiger charge is 2.10. The molecule has 1 amide bonds. The summed E-state index contributed by atoms with van der Waals surface area (Å²) in [6.45, 7) is 12.8. The second-order valence-electron chi connectivity index (χ2n) is 7.52. The van der Waals surface area contributed by atoms with Crippen molar-refractivity contribution in [2.75, 3.05) is 5.32 Å². The minimum atomic E-state index is -0.166. The molecule has 5 heteroatoms. The van der Waals surface area contributed by atoms with Gasteiger partial charge in [0.25, 0.3) is 0 Å². The van der Waals surface area contributed by atoms with Crippen LogP contribution in [0.2, 0.25) is 0 Å². The molecule has 3 aromatic rings. The number of Topliss-reactive ketones (excluding diaryl/α,β-unsaturated/α-hetero) is 1. The summed E-state index contributed by atoms with van der Waals surface area (Å²) in [4.78, 5) is 37.2. The lowest BCUT2D eigenvalue weighted by Gasteiger charge is -2.10. The van der Waals surface area contributed by atoms with Gasteiger partial charge in [0.2, 0.25) is 5.91 Å². The van der Waals surface area contributed by atoms with Gasteiger partial charge in [-0.3, -0.25) is 14.4 Å². The van der Waals surface area contributed by atoms with Crippen LogP contribution in [-0.2, 0) is 4.79 Å². The zero-order valence-electron chi connectivity index (χ0n) is 18.1. The molecule has 2 aromatic carbocycles. The largest absolute Gasteiger partial charge is 0.358 e. The summed E-state index contributed by atoms with van der Waals surface area (Å²) in [5.41, 5.74) is 7.57. The molecule has 0 saturated heterocycles. The Balaban J connectivity index is 0.000000207. The van der Waals surface area contributed by atoms with Crippen LogP contribution in [0.15, 0.2) is 35.1 Å². The summed E-state index contributed by atoms with van der Waals surface area (Å²) < 4.78 is 0. The van der Waals surface area contributed by atoms with Gasteiger partial charge in [0, 0.05) is 35.2 Å². The van der Waals surface area contributed by atoms with Gasteiger partial charge in [0.15, 0.2) is 11.2 Å². The first-order chi connectivity index (χ1) is 13.5. The predicted octanol–water partition coefficient (Wildman–Crippen LogP) is 4.92. The topological polar surface area (TPSA) is 79.0 Å². The Hall–Kier alpha value is -3.21. The number of H-pyrrole nitrogens is 1. The van der Waals surface area contributed by atoms with E-state index >= 15 is 0 Å². The van der Waals surface area contributed by atoms with Crippen molar-refractivity contribution in [3.63, 3.8) is 0 Å². The fraction of sp³-hybridized carbons (Fsp3) is 0.292. The maximum absolute atomic E-state index is 11.6. The van der Waals surface area contributed by atoms with Gasteiger partial charge >= 0.3 is 0 Å². The van der Waals surface area contributed by atoms with E-state index in [1.165, 1.54) is 19.4 Å². The number of anilines is 1. The minimum Gasteiger partial charge on any atom is -0.358 e. The summed E-state index contributed by atoms with van der Waals surface area (Å²) in [7, 11) is 0. The number of ketones is 1. The second-order valence-corrected chi connectivity index (χ2v) is 7.52. The van der Waals surface area contributed by atoms with Crippen LogP contribution in [0, 0.1) is 34.6 Å². The number of hydrogen-bond acceptors (Lipinski definition) is 3. The standard InChI is InChI=1S/C12H15NO2.C12H13NO/c1-7-5-11(9(3)14)12(6-8(7)2)13-10(4)15;1-7-4-10-11(5-8(7)2)13-9(3)6-12(10)14/h5-6H,1-4H3,(H,13,15);4-6H,1-3H3,(H,13,14). The lowest BCUT2D eigenvalue weighted by atomic mass is 10.0. The number of aromatic amines is 1. The second kappa shape index (κ2) is 8.86. The smallest absolute Gasteiger partial charge is 0.221 e. The molecule has 0 aliphatic carbocycles. The molecule has 152 valence electrons. The molecule has 0 unspecified atom stereocenters. The van der Waals surface area contributed by atoms with Crippen LogP contribution in [0.5, 0.6) is 0 Å². The van der Waals surface area contributed by atoms with E-state index < -0.39 is 0 Å². The molecule has 0 aliphatic heterocycles. The number of nitrogens with one attached hydrogen (secondary N) is 2. The molecule has 3 rings (SSSR count). The number of fused-ring (bicyclic) bond motifs is 1. The van der Waals surface area contributed by atoms with Crippen molar-refractivity contribution in [3.8, 4) is 0 Å². The van der Waals surface area contributed by atoms with Gasteiger partial charge < -0.3 is 10.3 Å². The third-order valence-corrected chi connectivity index (χ3v) is 4.90. The minimum absolute atomic E-state index is 0.0400. The van der Waals surface area contributed by atoms with Crippen LogP contribution in [-0.4, -0.2) is 16.7 Å². The average Bonchev–Trinajstić information content (AvgIpc) is 2.59. The molecule has 0 bridgehead atoms. The average molecular weight is 392 g/mol. The molecule has 2 N–H and O–H groups in total. The molecule has 1 heterocycles. The first kappa shape index (κ1) is 22.1. The molecule has 29 heavy (non-hydrogen) atoms. The van der Waals surface area contributed by atoms with Crippen molar-refractivity contribution in [2.24, 2.45) is 0 Å². The number of amides is 1. The van der Waals surface area contributed by atoms with Crippen LogP contribution in [0.25, 0.3) is 10.9 Å². The Kier molecular flexibility index (Phi) is 6.75. The highest BCUT2D eigenvalue weighted by Crippen LogP contribution is 2.21. The lowest BCUT2D eigenvalue weighted by Crippen LogP contribution is -2.10. The van der Waals surface area contributed by atoms with E-state index in [2.05, 4.69) is 17.2 Å². The van der Waals surface area contributed by atoms with Crippen molar-refractivity contribution in [3.05, 3.63) is 74.1 Å². The first-order valence-electron chi connectivity index (χ1n) is 9.50. The fourth-order valence-electron chi connectivity index (χ4n) is 3.05. The molecule has 0 spiro atoms. The number of carbonyl (C=O) groups excluding carboxylic acids is 2. The highest BCUT2D eigenvalue weighted by molar-refractivity contribution is 6.03. The van der Waals surface area contributed by atoms with Crippen LogP contribution in [0.1, 0.15) is 52.2 Å². The third-order valence-electron chi connectivity index (χ3n) is 4.90. The summed E-state index contributed by atoms with van der Waals surface area (Å²) in [6, 6.07) is 9.25. The molecule has 0 saturated carbocycles. The number of pyridine rings is 1. The van der Waals surface area contributed by atoms with Gasteiger partial charge in [-0.2, -0.15) is 0 Å². The maximum Gasteiger partial charge on any atom is 0.221 e. The molecule has 5 nitrogen and oxygen atoms in total. The Morgan fingerprint density at radius 1 is 0.793 bits per heavy atom. The van der Waals surface area contributed by atoms with Gasteiger partial charge in [-0.15, -0.1) is 0 Å². The Labute approximate surface area is 171 Å². The van der Waals surface area contributed by atoms with Crippen LogP contribution < -0.4 is 10.7 Å². The van der Waals surface area contributed by atoms with E-state index in [0.29, 0.717) is 11.3 Å². The van der Waals surface area contributed by atoms with E-state index in [1.807, 2.05) is 52.0 Å². The number of aromatic nitrogens is 1. The first-order valence-corrected chi connectivity index (χ1v) is 9.50. The molecule has 0 fully saturated rings. The number of benzene rings is 2. The third kappa shape index (κ3) is 5.41. The van der Waals surface area contributed by atoms with Crippen molar-refractivity contribution in [1.82, 2.24) is 4.98 Å². The van der Waals surface area contributed by atoms with Gasteiger partial charge in [0.1, 0.15) is 0 Å². The normalized spacial score (nSPS) is 10.3. The fourth-order valence-corrected chi connectivity index (χ4v) is 3.05. The van der Waals surface area contributed by atoms with Crippen LogP contribution in [0.3, 0.4) is 0 Å². The zero-order chi connectivity index (χ0) is 21.9. The highest BCUT2D eigenvalue weighted by atomic mass is 16.1. The number of aryl methyl sites for hydroxylation is 5. The van der Waals surface area contributed by atoms with Gasteiger partial charge in [-0.05, 0) is 88.1 Å². The predicted molar refractivity (Wildman–Crippen MR) is 119 cm³/mol. The number of carbonyl (C=O) groups is 2. The van der Waals surface area contributed by atoms with Crippen LogP contribution >= 0.6 is 0 Å². The Bertz CT molecular complexity index is 1160. The van der Waals surface area contributed by atoms with Crippen molar-refractivity contribution in [2.45, 2.75) is 48.5 Å². The summed E-state index contributed by atoms with van der Waals surface area (Å²) in [5.74, 6) is -0.206. The van der Waals surface area contributed by atoms with E-state index in [9.17, 15) is 14.4 Å². The molecule has 1 aromatic heterocycles. The number of rotatable bonds is 2. The molecule has 0 aliphatic rings. The van der Waals surface area contributed by atoms with Crippen molar-refractivity contribution in [1.29, 1.82) is 0 Å². The Morgan fingerprint density at radius 3 is 1.93 bits per heavy atom. The SMILES string of the molecule is CC(=O)Nc1cc(C)c(C)cc1C(C)=O.Cc1cc(=O)c2cc(C)c(C)cc2[nH]1. The summed E-state index contributed by atoms with van der Waals surface area (Å²) in [5, 5.41) is 3.44. The molecule has 0 atom stereocenters. The van der Waals surface area contributed by atoms with E-state index in [-0.39, 0.29) is 17.1 Å². The van der Waals surface area contributed by atoms with Crippen molar-refractivity contribution >= 4 is 28.3 Å². The van der Waals surface area contributed by atoms with E-state index in [0.717, 1.165) is 33.3 Å². The quantitative estimate of drug-likeness (QED) is 0.608. The zero-order valence-corrected chi connectivity index (χ0v) is 18.1. The lowest BCUT2D eigenvalue weighted by molar-refractivity contribution is -0.114. The van der Waals surface area contributed by atoms with Gasteiger partial charge in [-0.25, -0.2) is 0 Å². The van der Waals surface area contributed by atoms with Crippen molar-refractivity contribution < 1.29 is 9.59 Å². The van der Waals surface area contributed by atoms with Gasteiger partial charge in [0.05, 0.1) is 5.69 Å². The monoisotopic (exact) mass is 392 g/mol. The maximum atomic E-state index is 11.6. The number of hydrogen-bond donors (Lipinski definition) is 2. The molecular weight excluding hydrogens is 364 g/mol. The van der Waals surface area contributed by atoms with Crippen LogP contribution in [0.4, 0.5) is 5.69 Å². The molecule has 0 radical (unpaired) electrons. The van der Waals surface area contributed by atoms with Gasteiger partial charge in [-0.1, -0.05) is 0 Å². The Morgan fingerprint density at radius 2 is 1.34 bits per heavy atom.